The lowest BCUT2D eigenvalue weighted by Gasteiger charge is -2.38. The Morgan fingerprint density at radius 3 is 2.21 bits per heavy atom. The molecular weight excluding hydrogens is 260 g/mol. The Morgan fingerprint density at radius 1 is 1.05 bits per heavy atom. The molecule has 112 valence electrons. The van der Waals surface area contributed by atoms with Gasteiger partial charge >= 0.3 is 0 Å². The zero-order chi connectivity index (χ0) is 13.0. The van der Waals surface area contributed by atoms with Crippen LogP contribution in [0.5, 0.6) is 0 Å². The van der Waals surface area contributed by atoms with E-state index in [1.165, 1.54) is 32.1 Å². The summed E-state index contributed by atoms with van der Waals surface area (Å²) in [5.74, 6) is 0.237. The summed E-state index contributed by atoms with van der Waals surface area (Å²) >= 11 is 0. The van der Waals surface area contributed by atoms with Gasteiger partial charge in [0.05, 0.1) is 5.92 Å². The first-order valence-electron chi connectivity index (χ1n) is 7.69. The van der Waals surface area contributed by atoms with Crippen LogP contribution in [0.3, 0.4) is 0 Å². The average Bonchev–Trinajstić information content (AvgIpc) is 2.57. The molecule has 2 aliphatic rings. The Bertz CT molecular complexity index is 286. The second kappa shape index (κ2) is 7.49. The monoisotopic (exact) mass is 288 g/mol. The number of hydrogen-bond acceptors (Lipinski definition) is 2. The first-order valence-corrected chi connectivity index (χ1v) is 7.69. The lowest BCUT2D eigenvalue weighted by atomic mass is 9.74. The fourth-order valence-corrected chi connectivity index (χ4v) is 3.51. The van der Waals surface area contributed by atoms with Crippen molar-refractivity contribution in [3.63, 3.8) is 0 Å². The van der Waals surface area contributed by atoms with Crippen molar-refractivity contribution >= 4 is 18.3 Å². The Morgan fingerprint density at radius 2 is 1.63 bits per heavy atom. The van der Waals surface area contributed by atoms with Gasteiger partial charge in [0, 0.05) is 11.6 Å². The van der Waals surface area contributed by atoms with Gasteiger partial charge < -0.3 is 11.1 Å². The molecule has 0 aromatic rings. The second-order valence-corrected chi connectivity index (χ2v) is 6.50. The number of rotatable bonds is 2. The number of halogens is 1. The first-order chi connectivity index (χ1) is 8.59. The Hall–Kier alpha value is -0.280. The Kier molecular flexibility index (Phi) is 6.61. The van der Waals surface area contributed by atoms with Gasteiger partial charge in [-0.3, -0.25) is 4.79 Å². The third-order valence-electron chi connectivity index (χ3n) is 4.77. The highest BCUT2D eigenvalue weighted by Crippen LogP contribution is 2.32. The summed E-state index contributed by atoms with van der Waals surface area (Å²) < 4.78 is 0. The number of hydrogen-bond donors (Lipinski definition) is 2. The highest BCUT2D eigenvalue weighted by atomic mass is 35.5. The van der Waals surface area contributed by atoms with Crippen LogP contribution in [0.25, 0.3) is 0 Å². The maximum Gasteiger partial charge on any atom is 0.225 e. The van der Waals surface area contributed by atoms with Gasteiger partial charge in [-0.1, -0.05) is 38.5 Å². The van der Waals surface area contributed by atoms with Crippen LogP contribution in [-0.4, -0.2) is 17.5 Å². The molecule has 0 bridgehead atoms. The van der Waals surface area contributed by atoms with E-state index in [2.05, 4.69) is 5.32 Å². The van der Waals surface area contributed by atoms with Crippen molar-refractivity contribution in [1.29, 1.82) is 0 Å². The molecule has 2 saturated carbocycles. The third kappa shape index (κ3) is 4.64. The minimum atomic E-state index is -0.299. The normalized spacial score (nSPS) is 33.1. The fraction of sp³-hybridized carbons (Fsp3) is 0.933. The molecule has 3 N–H and O–H groups in total. The molecule has 2 unspecified atom stereocenters. The molecule has 1 amide bonds. The number of amides is 1. The van der Waals surface area contributed by atoms with Gasteiger partial charge in [-0.15, -0.1) is 12.4 Å². The molecule has 4 heteroatoms. The molecule has 0 aromatic carbocycles. The van der Waals surface area contributed by atoms with Crippen molar-refractivity contribution in [2.75, 3.05) is 0 Å². The van der Waals surface area contributed by atoms with E-state index in [0.717, 1.165) is 32.1 Å². The third-order valence-corrected chi connectivity index (χ3v) is 4.77. The Balaban J connectivity index is 0.00000180. The summed E-state index contributed by atoms with van der Waals surface area (Å²) in [6.45, 7) is 2.05. The maximum atomic E-state index is 12.4. The van der Waals surface area contributed by atoms with Gasteiger partial charge in [0.1, 0.15) is 0 Å². The summed E-state index contributed by atoms with van der Waals surface area (Å²) in [6.07, 6.45) is 11.7. The highest BCUT2D eigenvalue weighted by Gasteiger charge is 2.38. The smallest absolute Gasteiger partial charge is 0.225 e. The molecule has 0 spiro atoms. The molecule has 0 radical (unpaired) electrons. The van der Waals surface area contributed by atoms with E-state index in [4.69, 9.17) is 5.73 Å². The molecule has 0 aromatic heterocycles. The fourth-order valence-electron chi connectivity index (χ4n) is 3.51. The van der Waals surface area contributed by atoms with Crippen molar-refractivity contribution in [3.05, 3.63) is 0 Å². The van der Waals surface area contributed by atoms with E-state index >= 15 is 0 Å². The van der Waals surface area contributed by atoms with Crippen molar-refractivity contribution in [2.45, 2.75) is 82.7 Å². The summed E-state index contributed by atoms with van der Waals surface area (Å²) in [5.41, 5.74) is 6.00. The van der Waals surface area contributed by atoms with Gasteiger partial charge in [0.15, 0.2) is 0 Å². The average molecular weight is 289 g/mol. The minimum Gasteiger partial charge on any atom is -0.353 e. The van der Waals surface area contributed by atoms with Crippen LogP contribution < -0.4 is 11.1 Å². The van der Waals surface area contributed by atoms with E-state index < -0.39 is 0 Å². The molecule has 2 aliphatic carbocycles. The lowest BCUT2D eigenvalue weighted by Crippen LogP contribution is -2.54. The van der Waals surface area contributed by atoms with Crippen LogP contribution in [0.1, 0.15) is 71.1 Å². The summed E-state index contributed by atoms with van der Waals surface area (Å²) in [7, 11) is 0. The van der Waals surface area contributed by atoms with E-state index in [1.54, 1.807) is 0 Å². The minimum absolute atomic E-state index is 0. The molecule has 0 aliphatic heterocycles. The second-order valence-electron chi connectivity index (χ2n) is 6.50. The van der Waals surface area contributed by atoms with Crippen LogP contribution in [0.2, 0.25) is 0 Å². The van der Waals surface area contributed by atoms with Crippen LogP contribution in [0.4, 0.5) is 0 Å². The van der Waals surface area contributed by atoms with Crippen molar-refractivity contribution in [1.82, 2.24) is 5.32 Å². The van der Waals surface area contributed by atoms with Gasteiger partial charge in [-0.25, -0.2) is 0 Å². The molecule has 2 fully saturated rings. The number of nitrogens with one attached hydrogen (secondary N) is 1. The maximum absolute atomic E-state index is 12.4. The predicted molar refractivity (Wildman–Crippen MR) is 81.4 cm³/mol. The van der Waals surface area contributed by atoms with Gasteiger partial charge in [0.2, 0.25) is 5.91 Å². The van der Waals surface area contributed by atoms with Gasteiger partial charge in [-0.05, 0) is 32.6 Å². The van der Waals surface area contributed by atoms with E-state index in [9.17, 15) is 4.79 Å². The summed E-state index contributed by atoms with van der Waals surface area (Å²) in [6, 6.07) is 0.401. The van der Waals surface area contributed by atoms with Gasteiger partial charge in [0.25, 0.3) is 0 Å². The first kappa shape index (κ1) is 16.8. The van der Waals surface area contributed by atoms with Crippen molar-refractivity contribution < 1.29 is 4.79 Å². The van der Waals surface area contributed by atoms with E-state index in [0.29, 0.717) is 6.04 Å². The van der Waals surface area contributed by atoms with Crippen molar-refractivity contribution in [3.8, 4) is 0 Å². The number of nitrogens with two attached hydrogens (primary N) is 1. The summed E-state index contributed by atoms with van der Waals surface area (Å²) in [5, 5.41) is 3.27. The highest BCUT2D eigenvalue weighted by molar-refractivity contribution is 5.85. The molecule has 0 heterocycles. The molecule has 0 saturated heterocycles. The molecular formula is C15H29ClN2O. The zero-order valence-corrected chi connectivity index (χ0v) is 12.9. The number of carbonyl (C=O) groups is 1. The topological polar surface area (TPSA) is 55.1 Å². The van der Waals surface area contributed by atoms with Gasteiger partial charge in [-0.2, -0.15) is 0 Å². The lowest BCUT2D eigenvalue weighted by molar-refractivity contribution is -0.128. The SMILES string of the molecule is CC1(N)CCCCC1C(=O)NC1CCCCCC1.Cl. The van der Waals surface area contributed by atoms with Crippen LogP contribution in [0, 0.1) is 5.92 Å². The van der Waals surface area contributed by atoms with E-state index in [-0.39, 0.29) is 29.8 Å². The predicted octanol–water partition coefficient (Wildman–Crippen LogP) is 3.15. The standard InChI is InChI=1S/C15H28N2O.ClH/c1-15(16)11-7-6-10-13(15)14(18)17-12-8-4-2-3-5-9-12;/h12-13H,2-11,16H2,1H3,(H,17,18);1H. The van der Waals surface area contributed by atoms with Crippen LogP contribution >= 0.6 is 12.4 Å². The zero-order valence-electron chi connectivity index (χ0n) is 12.1. The molecule has 3 nitrogen and oxygen atoms in total. The quantitative estimate of drug-likeness (QED) is 0.767. The molecule has 19 heavy (non-hydrogen) atoms. The Labute approximate surface area is 123 Å². The number of carbonyl (C=O) groups excluding carboxylic acids is 1. The summed E-state index contributed by atoms with van der Waals surface area (Å²) in [4.78, 5) is 12.4. The largest absolute Gasteiger partial charge is 0.353 e. The van der Waals surface area contributed by atoms with Crippen molar-refractivity contribution in [2.24, 2.45) is 11.7 Å². The van der Waals surface area contributed by atoms with E-state index in [1.807, 2.05) is 6.92 Å². The molecule has 2 atom stereocenters. The van der Waals surface area contributed by atoms with Crippen LogP contribution in [-0.2, 0) is 4.79 Å². The molecule has 2 rings (SSSR count). The van der Waals surface area contributed by atoms with Crippen LogP contribution in [0.15, 0.2) is 0 Å².